The van der Waals surface area contributed by atoms with Crippen molar-refractivity contribution in [3.8, 4) is 6.07 Å². The number of nitriles is 1. The van der Waals surface area contributed by atoms with Crippen molar-refractivity contribution in [2.24, 2.45) is 4.99 Å². The Balaban J connectivity index is 2.40. The molecule has 0 aliphatic carbocycles. The summed E-state index contributed by atoms with van der Waals surface area (Å²) in [6, 6.07) is 9.36. The molecule has 0 radical (unpaired) electrons. The molecular weight excluding hydrogens is 310 g/mol. The Hall–Kier alpha value is -2.26. The van der Waals surface area contributed by atoms with Gasteiger partial charge in [-0.1, -0.05) is 49.9 Å². The Morgan fingerprint density at radius 2 is 2.09 bits per heavy atom. The molecule has 0 saturated carbocycles. The van der Waals surface area contributed by atoms with Crippen molar-refractivity contribution >= 4 is 22.9 Å². The van der Waals surface area contributed by atoms with E-state index in [0.717, 1.165) is 5.56 Å². The molecule has 0 saturated heterocycles. The Morgan fingerprint density at radius 1 is 1.43 bits per heavy atom. The van der Waals surface area contributed by atoms with E-state index in [-0.39, 0.29) is 11.3 Å². The average Bonchev–Trinajstić information content (AvgIpc) is 2.52. The molecule has 0 spiro atoms. The van der Waals surface area contributed by atoms with Crippen LogP contribution in [0.15, 0.2) is 40.5 Å². The van der Waals surface area contributed by atoms with Crippen LogP contribution in [0.3, 0.4) is 0 Å². The fourth-order valence-electron chi connectivity index (χ4n) is 2.40. The Labute approximate surface area is 140 Å². The highest BCUT2D eigenvalue weighted by Gasteiger charge is 2.29. The molecular formula is C17H19N3O2S. The summed E-state index contributed by atoms with van der Waals surface area (Å²) in [4.78, 5) is 16.1. The first kappa shape index (κ1) is 17.1. The number of thioether (sulfide) groups is 1. The average molecular weight is 329 g/mol. The van der Waals surface area contributed by atoms with Gasteiger partial charge in [0.2, 0.25) is 0 Å². The first-order chi connectivity index (χ1) is 10.9. The van der Waals surface area contributed by atoms with Gasteiger partial charge in [-0.3, -0.25) is 0 Å². The lowest BCUT2D eigenvalue weighted by atomic mass is 9.94. The molecule has 1 aromatic carbocycles. The van der Waals surface area contributed by atoms with Gasteiger partial charge in [-0.05, 0) is 24.0 Å². The highest BCUT2D eigenvalue weighted by atomic mass is 32.2. The predicted molar refractivity (Wildman–Crippen MR) is 92.2 cm³/mol. The smallest absolute Gasteiger partial charge is 0.335 e. The number of carbonyl (C=O) groups is 1. The zero-order valence-corrected chi connectivity index (χ0v) is 14.1. The molecule has 2 rings (SSSR count). The third-order valence-corrected chi connectivity index (χ3v) is 4.40. The summed E-state index contributed by atoms with van der Waals surface area (Å²) in [5, 5.41) is 21.8. The number of nitrogens with zero attached hydrogens (tertiary/aromatic N) is 2. The fourth-order valence-corrected chi connectivity index (χ4v) is 3.01. The first-order valence-corrected chi connectivity index (χ1v) is 8.31. The second-order valence-electron chi connectivity index (χ2n) is 5.57. The number of amidine groups is 1. The van der Waals surface area contributed by atoms with E-state index < -0.39 is 12.0 Å². The van der Waals surface area contributed by atoms with E-state index in [2.05, 4.69) is 24.2 Å². The van der Waals surface area contributed by atoms with Crippen LogP contribution < -0.4 is 5.32 Å². The number of carboxylic acids is 1. The number of nitrogens with one attached hydrogen (secondary N) is 1. The van der Waals surface area contributed by atoms with Gasteiger partial charge in [0.1, 0.15) is 6.04 Å². The van der Waals surface area contributed by atoms with Gasteiger partial charge in [-0.25, -0.2) is 9.79 Å². The summed E-state index contributed by atoms with van der Waals surface area (Å²) in [7, 11) is 0. The largest absolute Gasteiger partial charge is 0.478 e. The van der Waals surface area contributed by atoms with E-state index in [0.29, 0.717) is 16.8 Å². The van der Waals surface area contributed by atoms with Crippen LogP contribution >= 0.6 is 11.8 Å². The van der Waals surface area contributed by atoms with Crippen molar-refractivity contribution in [1.82, 2.24) is 5.32 Å². The lowest BCUT2D eigenvalue weighted by Crippen LogP contribution is -2.29. The fraction of sp³-hybridized carbons (Fsp3) is 0.353. The number of carboxylic acid groups (broad SMARTS) is 1. The number of rotatable bonds is 4. The molecule has 1 aliphatic heterocycles. The summed E-state index contributed by atoms with van der Waals surface area (Å²) in [6.07, 6.45) is 0. The molecule has 5 nitrogen and oxygen atoms in total. The molecule has 1 unspecified atom stereocenters. The van der Waals surface area contributed by atoms with Gasteiger partial charge in [0.15, 0.2) is 5.17 Å². The van der Waals surface area contributed by atoms with Crippen LogP contribution in [-0.2, 0) is 4.79 Å². The van der Waals surface area contributed by atoms with Gasteiger partial charge in [0.05, 0.1) is 17.4 Å². The summed E-state index contributed by atoms with van der Waals surface area (Å²) in [5.74, 6) is -0.305. The van der Waals surface area contributed by atoms with Crippen LogP contribution in [0, 0.1) is 11.3 Å². The minimum Gasteiger partial charge on any atom is -0.478 e. The van der Waals surface area contributed by atoms with Crippen LogP contribution in [0.1, 0.15) is 43.9 Å². The third-order valence-electron chi connectivity index (χ3n) is 3.64. The maximum absolute atomic E-state index is 11.6. The quantitative estimate of drug-likeness (QED) is 0.884. The van der Waals surface area contributed by atoms with Crippen molar-refractivity contribution in [2.75, 3.05) is 5.75 Å². The lowest BCUT2D eigenvalue weighted by molar-refractivity contribution is -0.133. The number of hydrogen-bond donors (Lipinski definition) is 2. The summed E-state index contributed by atoms with van der Waals surface area (Å²) in [6.45, 7) is 5.95. The molecule has 1 atom stereocenters. The van der Waals surface area contributed by atoms with Gasteiger partial charge in [-0.2, -0.15) is 5.26 Å². The monoisotopic (exact) mass is 329 g/mol. The normalized spacial score (nSPS) is 17.5. The molecule has 0 amide bonds. The van der Waals surface area contributed by atoms with E-state index >= 15 is 0 Å². The Kier molecular flexibility index (Phi) is 5.45. The molecule has 1 aliphatic rings. The number of aliphatic imine (C=N–C) groups is 1. The van der Waals surface area contributed by atoms with Crippen LogP contribution in [0.25, 0.3) is 0 Å². The van der Waals surface area contributed by atoms with Gasteiger partial charge in [0, 0.05) is 5.70 Å². The van der Waals surface area contributed by atoms with Crippen molar-refractivity contribution in [3.63, 3.8) is 0 Å². The Morgan fingerprint density at radius 3 is 2.61 bits per heavy atom. The van der Waals surface area contributed by atoms with E-state index in [1.54, 1.807) is 6.92 Å². The summed E-state index contributed by atoms with van der Waals surface area (Å²) in [5.41, 5.74) is 2.83. The van der Waals surface area contributed by atoms with E-state index in [1.165, 1.54) is 17.3 Å². The predicted octanol–water partition coefficient (Wildman–Crippen LogP) is 3.43. The van der Waals surface area contributed by atoms with E-state index in [4.69, 9.17) is 5.26 Å². The zero-order valence-electron chi connectivity index (χ0n) is 13.3. The standard InChI is InChI=1S/C17H19N3O2S/c1-10(2)12-4-6-13(7-5-12)15-14(16(21)22)11(3)19-17(20-15)23-9-8-18/h4-7,10,15H,9H2,1-3H3,(H,19,20)(H,21,22). The maximum Gasteiger partial charge on any atom is 0.335 e. The molecule has 1 heterocycles. The molecule has 23 heavy (non-hydrogen) atoms. The lowest BCUT2D eigenvalue weighted by Gasteiger charge is -2.24. The SMILES string of the molecule is CC1=C(C(=O)O)C(c2ccc(C(C)C)cc2)N=C(SCC#N)N1. The number of benzene rings is 1. The van der Waals surface area contributed by atoms with Gasteiger partial charge in [0.25, 0.3) is 0 Å². The molecule has 120 valence electrons. The van der Waals surface area contributed by atoms with Gasteiger partial charge < -0.3 is 10.4 Å². The van der Waals surface area contributed by atoms with Crippen molar-refractivity contribution in [3.05, 3.63) is 46.7 Å². The Bertz CT molecular complexity index is 700. The van der Waals surface area contributed by atoms with Crippen molar-refractivity contribution in [1.29, 1.82) is 5.26 Å². The van der Waals surface area contributed by atoms with Crippen LogP contribution in [-0.4, -0.2) is 22.0 Å². The minimum atomic E-state index is -0.985. The number of hydrogen-bond acceptors (Lipinski definition) is 5. The topological polar surface area (TPSA) is 85.5 Å². The van der Waals surface area contributed by atoms with E-state index in [9.17, 15) is 9.90 Å². The molecule has 0 bridgehead atoms. The number of allylic oxidation sites excluding steroid dienone is 1. The molecule has 6 heteroatoms. The summed E-state index contributed by atoms with van der Waals surface area (Å²) >= 11 is 1.27. The first-order valence-electron chi connectivity index (χ1n) is 7.32. The van der Waals surface area contributed by atoms with Crippen LogP contribution in [0.4, 0.5) is 0 Å². The summed E-state index contributed by atoms with van der Waals surface area (Å²) < 4.78 is 0. The van der Waals surface area contributed by atoms with Crippen molar-refractivity contribution in [2.45, 2.75) is 32.7 Å². The minimum absolute atomic E-state index is 0.239. The highest BCUT2D eigenvalue weighted by Crippen LogP contribution is 2.32. The molecule has 1 aromatic rings. The highest BCUT2D eigenvalue weighted by molar-refractivity contribution is 8.14. The third kappa shape index (κ3) is 3.93. The second kappa shape index (κ2) is 7.34. The van der Waals surface area contributed by atoms with Gasteiger partial charge >= 0.3 is 5.97 Å². The number of aliphatic carboxylic acids is 1. The second-order valence-corrected chi connectivity index (χ2v) is 6.54. The van der Waals surface area contributed by atoms with Crippen LogP contribution in [0.5, 0.6) is 0 Å². The van der Waals surface area contributed by atoms with E-state index in [1.807, 2.05) is 30.3 Å². The molecule has 0 fully saturated rings. The van der Waals surface area contributed by atoms with Gasteiger partial charge in [-0.15, -0.1) is 0 Å². The van der Waals surface area contributed by atoms with Crippen LogP contribution in [0.2, 0.25) is 0 Å². The maximum atomic E-state index is 11.6. The van der Waals surface area contributed by atoms with Crippen molar-refractivity contribution < 1.29 is 9.90 Å². The zero-order chi connectivity index (χ0) is 17.0. The molecule has 2 N–H and O–H groups in total. The molecule has 0 aromatic heterocycles.